The van der Waals surface area contributed by atoms with Crippen molar-refractivity contribution in [2.24, 2.45) is 5.92 Å². The normalized spacial score (nSPS) is 21.0. The molecular formula is C20H35BrN4. The van der Waals surface area contributed by atoms with E-state index < -0.39 is 0 Å². The smallest absolute Gasteiger partial charge is 0.142 e. The Morgan fingerprint density at radius 1 is 1.08 bits per heavy atom. The lowest BCUT2D eigenvalue weighted by Gasteiger charge is -2.29. The minimum Gasteiger partial charge on any atom is -0.307 e. The zero-order chi connectivity index (χ0) is 17.9. The van der Waals surface area contributed by atoms with Gasteiger partial charge in [-0.25, -0.2) is 9.97 Å². The minimum absolute atomic E-state index is 0.639. The van der Waals surface area contributed by atoms with Gasteiger partial charge in [-0.15, -0.1) is 0 Å². The van der Waals surface area contributed by atoms with E-state index in [1.165, 1.54) is 70.9 Å². The molecule has 0 bridgehead atoms. The summed E-state index contributed by atoms with van der Waals surface area (Å²) >= 11 is 3.38. The second kappa shape index (κ2) is 12.0. The van der Waals surface area contributed by atoms with E-state index in [-0.39, 0.29) is 0 Å². The Kier molecular flexibility index (Phi) is 9.96. The molecule has 1 heterocycles. The third-order valence-electron chi connectivity index (χ3n) is 5.37. The SMILES string of the molecule is CCCCCN(C)CCCC1CCC(NCc2ncc(Br)cn2)CC1. The highest BCUT2D eigenvalue weighted by Crippen LogP contribution is 2.28. The van der Waals surface area contributed by atoms with Crippen molar-refractivity contribution in [2.45, 2.75) is 77.3 Å². The number of aromatic nitrogens is 2. The van der Waals surface area contributed by atoms with Gasteiger partial charge in [0, 0.05) is 18.4 Å². The van der Waals surface area contributed by atoms with Crippen molar-refractivity contribution in [3.05, 3.63) is 22.7 Å². The second-order valence-corrected chi connectivity index (χ2v) is 8.48. The van der Waals surface area contributed by atoms with Crippen LogP contribution in [0, 0.1) is 5.92 Å². The zero-order valence-corrected chi connectivity index (χ0v) is 17.6. The second-order valence-electron chi connectivity index (χ2n) is 7.57. The molecule has 0 aromatic carbocycles. The zero-order valence-electron chi connectivity index (χ0n) is 16.0. The van der Waals surface area contributed by atoms with Crippen LogP contribution in [0.2, 0.25) is 0 Å². The summed E-state index contributed by atoms with van der Waals surface area (Å²) in [5.74, 6) is 1.82. The van der Waals surface area contributed by atoms with Crippen LogP contribution in [-0.4, -0.2) is 41.0 Å². The number of rotatable bonds is 11. The quantitative estimate of drug-likeness (QED) is 0.532. The molecule has 1 N–H and O–H groups in total. The first-order valence-electron chi connectivity index (χ1n) is 10.1. The molecule has 1 aliphatic rings. The van der Waals surface area contributed by atoms with E-state index in [2.05, 4.69) is 50.1 Å². The molecule has 1 aromatic heterocycles. The number of unbranched alkanes of at least 4 members (excludes halogenated alkanes) is 2. The molecule has 0 amide bonds. The molecule has 1 aromatic rings. The van der Waals surface area contributed by atoms with E-state index in [9.17, 15) is 0 Å². The van der Waals surface area contributed by atoms with Crippen LogP contribution in [0.15, 0.2) is 16.9 Å². The Morgan fingerprint density at radius 2 is 1.76 bits per heavy atom. The molecule has 4 nitrogen and oxygen atoms in total. The van der Waals surface area contributed by atoms with Gasteiger partial charge >= 0.3 is 0 Å². The Labute approximate surface area is 162 Å². The number of nitrogens with one attached hydrogen (secondary N) is 1. The first-order valence-corrected chi connectivity index (χ1v) is 10.8. The summed E-state index contributed by atoms with van der Waals surface area (Å²) in [7, 11) is 2.28. The predicted molar refractivity (Wildman–Crippen MR) is 109 cm³/mol. The van der Waals surface area contributed by atoms with Gasteiger partial charge in [-0.3, -0.25) is 0 Å². The standard InChI is InChI=1S/C20H35BrN4/c1-3-4-5-12-25(2)13-6-7-17-8-10-19(11-9-17)22-16-20-23-14-18(21)15-24-20/h14-15,17,19,22H,3-13,16H2,1-2H3. The van der Waals surface area contributed by atoms with Gasteiger partial charge in [0.15, 0.2) is 0 Å². The average molecular weight is 411 g/mol. The number of hydrogen-bond acceptors (Lipinski definition) is 4. The van der Waals surface area contributed by atoms with Crippen molar-refractivity contribution >= 4 is 15.9 Å². The van der Waals surface area contributed by atoms with Crippen molar-refractivity contribution in [3.63, 3.8) is 0 Å². The van der Waals surface area contributed by atoms with Crippen molar-refractivity contribution in [3.8, 4) is 0 Å². The van der Waals surface area contributed by atoms with Crippen molar-refractivity contribution in [2.75, 3.05) is 20.1 Å². The maximum absolute atomic E-state index is 4.34. The van der Waals surface area contributed by atoms with Gasteiger partial charge in [0.1, 0.15) is 5.82 Å². The molecule has 1 aliphatic carbocycles. The van der Waals surface area contributed by atoms with Gasteiger partial charge in [0.05, 0.1) is 11.0 Å². The van der Waals surface area contributed by atoms with Crippen molar-refractivity contribution < 1.29 is 0 Å². The first kappa shape index (κ1) is 20.8. The Bertz CT molecular complexity index is 457. The fraction of sp³-hybridized carbons (Fsp3) is 0.800. The molecule has 1 saturated carbocycles. The van der Waals surface area contributed by atoms with Gasteiger partial charge in [0.2, 0.25) is 0 Å². The minimum atomic E-state index is 0.639. The van der Waals surface area contributed by atoms with Gasteiger partial charge in [0.25, 0.3) is 0 Å². The van der Waals surface area contributed by atoms with Gasteiger partial charge in [-0.2, -0.15) is 0 Å². The van der Waals surface area contributed by atoms with Crippen LogP contribution in [0.3, 0.4) is 0 Å². The van der Waals surface area contributed by atoms with E-state index in [0.29, 0.717) is 6.04 Å². The third kappa shape index (κ3) is 8.61. The van der Waals surface area contributed by atoms with Crippen LogP contribution < -0.4 is 5.32 Å². The molecule has 25 heavy (non-hydrogen) atoms. The average Bonchev–Trinajstić information content (AvgIpc) is 2.62. The van der Waals surface area contributed by atoms with E-state index in [1.54, 1.807) is 0 Å². The van der Waals surface area contributed by atoms with Crippen molar-refractivity contribution in [1.29, 1.82) is 0 Å². The predicted octanol–water partition coefficient (Wildman–Crippen LogP) is 4.79. The molecule has 142 valence electrons. The molecule has 0 saturated heterocycles. The fourth-order valence-corrected chi connectivity index (χ4v) is 3.92. The Balaban J connectivity index is 1.53. The molecule has 0 atom stereocenters. The summed E-state index contributed by atoms with van der Waals surface area (Å²) in [4.78, 5) is 11.2. The number of hydrogen-bond donors (Lipinski definition) is 1. The summed E-state index contributed by atoms with van der Waals surface area (Å²) in [6, 6.07) is 0.639. The van der Waals surface area contributed by atoms with E-state index >= 15 is 0 Å². The fourth-order valence-electron chi connectivity index (χ4n) is 3.71. The summed E-state index contributed by atoms with van der Waals surface area (Å²) < 4.78 is 0.938. The lowest BCUT2D eigenvalue weighted by atomic mass is 9.83. The molecule has 2 rings (SSSR count). The molecule has 0 unspecified atom stereocenters. The highest BCUT2D eigenvalue weighted by atomic mass is 79.9. The topological polar surface area (TPSA) is 41.0 Å². The maximum Gasteiger partial charge on any atom is 0.142 e. The first-order chi connectivity index (χ1) is 12.2. The summed E-state index contributed by atoms with van der Waals surface area (Å²) in [5, 5.41) is 3.63. The van der Waals surface area contributed by atoms with Gasteiger partial charge in [-0.05, 0) is 86.9 Å². The lowest BCUT2D eigenvalue weighted by Crippen LogP contribution is -2.33. The van der Waals surface area contributed by atoms with E-state index in [1.807, 2.05) is 12.4 Å². The van der Waals surface area contributed by atoms with Crippen molar-refractivity contribution in [1.82, 2.24) is 20.2 Å². The molecule has 0 aliphatic heterocycles. The summed E-state index contributed by atoms with van der Waals surface area (Å²) in [6.45, 7) is 5.59. The van der Waals surface area contributed by atoms with Crippen LogP contribution in [0.25, 0.3) is 0 Å². The summed E-state index contributed by atoms with van der Waals surface area (Å²) in [6.07, 6.45) is 15.8. The summed E-state index contributed by atoms with van der Waals surface area (Å²) in [5.41, 5.74) is 0. The number of nitrogens with zero attached hydrogens (tertiary/aromatic N) is 3. The monoisotopic (exact) mass is 410 g/mol. The van der Waals surface area contributed by atoms with Gasteiger partial charge < -0.3 is 10.2 Å². The van der Waals surface area contributed by atoms with E-state index in [0.717, 1.165) is 22.8 Å². The Morgan fingerprint density at radius 3 is 2.44 bits per heavy atom. The highest BCUT2D eigenvalue weighted by molar-refractivity contribution is 9.10. The molecule has 1 fully saturated rings. The lowest BCUT2D eigenvalue weighted by molar-refractivity contribution is 0.254. The molecule has 0 spiro atoms. The van der Waals surface area contributed by atoms with Crippen LogP contribution in [0.5, 0.6) is 0 Å². The molecule has 0 radical (unpaired) electrons. The highest BCUT2D eigenvalue weighted by Gasteiger charge is 2.20. The van der Waals surface area contributed by atoms with Gasteiger partial charge in [-0.1, -0.05) is 19.8 Å². The van der Waals surface area contributed by atoms with Crippen LogP contribution in [-0.2, 0) is 6.54 Å². The molecule has 5 heteroatoms. The van der Waals surface area contributed by atoms with E-state index in [4.69, 9.17) is 0 Å². The van der Waals surface area contributed by atoms with Crippen LogP contribution in [0.1, 0.15) is 70.5 Å². The third-order valence-corrected chi connectivity index (χ3v) is 5.77. The van der Waals surface area contributed by atoms with Crippen LogP contribution >= 0.6 is 15.9 Å². The Hall–Kier alpha value is -0.520. The molecular weight excluding hydrogens is 376 g/mol. The number of halogens is 1. The van der Waals surface area contributed by atoms with Crippen LogP contribution in [0.4, 0.5) is 0 Å². The maximum atomic E-state index is 4.34. The largest absolute Gasteiger partial charge is 0.307 e.